The number of esters is 1. The van der Waals surface area contributed by atoms with E-state index in [1.165, 1.54) is 24.5 Å². The number of furan rings is 1. The summed E-state index contributed by atoms with van der Waals surface area (Å²) in [6.45, 7) is 2.14. The Morgan fingerprint density at radius 3 is 2.79 bits per heavy atom. The van der Waals surface area contributed by atoms with Crippen molar-refractivity contribution in [3.05, 3.63) is 76.6 Å². The Labute approximate surface area is 249 Å². The van der Waals surface area contributed by atoms with Crippen molar-refractivity contribution in [1.82, 2.24) is 20.3 Å². The Hall–Kier alpha value is -4.52. The van der Waals surface area contributed by atoms with Crippen LogP contribution in [0.25, 0.3) is 22.0 Å². The lowest BCUT2D eigenvalue weighted by Crippen LogP contribution is -2.38. The molecule has 0 bridgehead atoms. The third-order valence-electron chi connectivity index (χ3n) is 6.96. The van der Waals surface area contributed by atoms with Gasteiger partial charge in [-0.05, 0) is 44.7 Å². The number of ether oxygens (including phenoxy) is 3. The summed E-state index contributed by atoms with van der Waals surface area (Å²) in [6, 6.07) is 8.79. The van der Waals surface area contributed by atoms with E-state index < -0.39 is 12.1 Å². The Balaban J connectivity index is 1.20. The van der Waals surface area contributed by atoms with E-state index in [0.717, 1.165) is 0 Å². The van der Waals surface area contributed by atoms with E-state index in [4.69, 9.17) is 30.2 Å². The molecule has 2 aromatic carbocycles. The van der Waals surface area contributed by atoms with Gasteiger partial charge in [-0.1, -0.05) is 11.6 Å². The zero-order chi connectivity index (χ0) is 30.1. The first-order valence-corrected chi connectivity index (χ1v) is 13.9. The highest BCUT2D eigenvalue weighted by molar-refractivity contribution is 6.35. The monoisotopic (exact) mass is 607 g/mol. The molecule has 13 heteroatoms. The number of aromatic amines is 1. The number of H-pyrrole nitrogens is 1. The molecule has 4 heterocycles. The summed E-state index contributed by atoms with van der Waals surface area (Å²) in [6.07, 6.45) is 3.50. The molecule has 0 spiro atoms. The minimum atomic E-state index is -0.613. The number of nitrogens with zero attached hydrogens (tertiary/aromatic N) is 2. The molecule has 0 unspecified atom stereocenters. The van der Waals surface area contributed by atoms with Crippen LogP contribution in [-0.2, 0) is 14.3 Å². The molecule has 43 heavy (non-hydrogen) atoms. The molecule has 1 fully saturated rings. The molecule has 1 aliphatic heterocycles. The number of hydrogen-bond acceptors (Lipinski definition) is 10. The molecule has 3 aromatic heterocycles. The number of carbonyl (C=O) groups is 2. The van der Waals surface area contributed by atoms with Crippen LogP contribution in [0.1, 0.15) is 34.5 Å². The van der Waals surface area contributed by atoms with Gasteiger partial charge in [-0.25, -0.2) is 14.4 Å². The lowest BCUT2D eigenvalue weighted by molar-refractivity contribution is -0.186. The Kier molecular flexibility index (Phi) is 7.98. The van der Waals surface area contributed by atoms with E-state index in [-0.39, 0.29) is 47.3 Å². The van der Waals surface area contributed by atoms with Crippen LogP contribution in [0.4, 0.5) is 10.2 Å². The van der Waals surface area contributed by atoms with Gasteiger partial charge in [0.2, 0.25) is 6.29 Å². The number of ketones is 1. The summed E-state index contributed by atoms with van der Waals surface area (Å²) in [4.78, 5) is 37.1. The fourth-order valence-corrected chi connectivity index (χ4v) is 5.27. The molecular formula is C30H27ClFN5O6. The highest BCUT2D eigenvalue weighted by atomic mass is 35.5. The number of aromatic nitrogens is 3. The van der Waals surface area contributed by atoms with Gasteiger partial charge in [0.15, 0.2) is 17.1 Å². The van der Waals surface area contributed by atoms with Gasteiger partial charge in [0, 0.05) is 35.7 Å². The number of hydrogen-bond donors (Lipinski definition) is 3. The fourth-order valence-electron chi connectivity index (χ4n) is 5.02. The van der Waals surface area contributed by atoms with Gasteiger partial charge in [-0.2, -0.15) is 0 Å². The van der Waals surface area contributed by atoms with E-state index in [9.17, 15) is 14.0 Å². The molecule has 1 aliphatic rings. The van der Waals surface area contributed by atoms with Crippen molar-refractivity contribution in [3.63, 3.8) is 0 Å². The largest absolute Gasteiger partial charge is 0.457 e. The topological polar surface area (TPSA) is 141 Å². The van der Waals surface area contributed by atoms with Gasteiger partial charge in [-0.3, -0.25) is 9.59 Å². The van der Waals surface area contributed by atoms with Gasteiger partial charge in [0.05, 0.1) is 35.2 Å². The first-order chi connectivity index (χ1) is 20.8. The number of nitrogens with one attached hydrogen (secondary N) is 3. The Bertz CT molecular complexity index is 1830. The number of fused-ring (bicyclic) bond motifs is 2. The third kappa shape index (κ3) is 6.03. The van der Waals surface area contributed by atoms with Crippen LogP contribution in [0.2, 0.25) is 5.02 Å². The predicted molar refractivity (Wildman–Crippen MR) is 156 cm³/mol. The molecule has 11 nitrogen and oxygen atoms in total. The first kappa shape index (κ1) is 28.6. The summed E-state index contributed by atoms with van der Waals surface area (Å²) in [5, 5.41) is 7.30. The van der Waals surface area contributed by atoms with Crippen molar-refractivity contribution < 1.29 is 32.6 Å². The number of aryl methyl sites for hydroxylation is 1. The average molecular weight is 608 g/mol. The number of anilines is 1. The normalized spacial score (nSPS) is 16.8. The molecule has 0 radical (unpaired) electrons. The molecule has 1 saturated heterocycles. The third-order valence-corrected chi connectivity index (χ3v) is 7.27. The second-order valence-corrected chi connectivity index (χ2v) is 10.5. The highest BCUT2D eigenvalue weighted by Crippen LogP contribution is 2.36. The fraction of sp³-hybridized carbons (Fsp3) is 0.267. The number of rotatable bonds is 9. The molecule has 0 saturated carbocycles. The minimum absolute atomic E-state index is 0.103. The highest BCUT2D eigenvalue weighted by Gasteiger charge is 2.27. The van der Waals surface area contributed by atoms with Crippen molar-refractivity contribution >= 4 is 51.2 Å². The van der Waals surface area contributed by atoms with Gasteiger partial charge in [0.1, 0.15) is 35.1 Å². The van der Waals surface area contributed by atoms with Crippen LogP contribution in [0.5, 0.6) is 11.5 Å². The van der Waals surface area contributed by atoms with Gasteiger partial charge < -0.3 is 34.2 Å². The van der Waals surface area contributed by atoms with Crippen molar-refractivity contribution in [2.24, 2.45) is 0 Å². The summed E-state index contributed by atoms with van der Waals surface area (Å²) >= 11 is 6.57. The average Bonchev–Trinajstić information content (AvgIpc) is 3.58. The maximum Gasteiger partial charge on any atom is 0.322 e. The zero-order valence-corrected chi connectivity index (χ0v) is 24.0. The van der Waals surface area contributed by atoms with Crippen LogP contribution < -0.4 is 15.4 Å². The zero-order valence-electron chi connectivity index (χ0n) is 23.2. The van der Waals surface area contributed by atoms with Gasteiger partial charge in [0.25, 0.3) is 0 Å². The molecule has 2 atom stereocenters. The van der Waals surface area contributed by atoms with E-state index in [1.807, 2.05) is 0 Å². The lowest BCUT2D eigenvalue weighted by Gasteiger charge is -2.29. The molecule has 6 rings (SSSR count). The van der Waals surface area contributed by atoms with Gasteiger partial charge in [-0.15, -0.1) is 0 Å². The van der Waals surface area contributed by atoms with Crippen molar-refractivity contribution in [2.45, 2.75) is 32.1 Å². The molecule has 5 aromatic rings. The smallest absolute Gasteiger partial charge is 0.322 e. The number of likely N-dealkylation sites (N-methyl/N-ethyl adjacent to an activating group) is 1. The van der Waals surface area contributed by atoms with Crippen LogP contribution in [-0.4, -0.2) is 59.2 Å². The minimum Gasteiger partial charge on any atom is -0.457 e. The Morgan fingerprint density at radius 1 is 1.16 bits per heavy atom. The second-order valence-electron chi connectivity index (χ2n) is 10.1. The number of carbonyl (C=O) groups excluding carboxylic acids is 2. The van der Waals surface area contributed by atoms with Crippen molar-refractivity contribution in [1.29, 1.82) is 0 Å². The van der Waals surface area contributed by atoms with Gasteiger partial charge >= 0.3 is 5.97 Å². The Morgan fingerprint density at radius 2 is 2.02 bits per heavy atom. The van der Waals surface area contributed by atoms with Crippen molar-refractivity contribution in [3.8, 4) is 11.5 Å². The number of benzene rings is 2. The van der Waals surface area contributed by atoms with Crippen molar-refractivity contribution in [2.75, 3.05) is 25.5 Å². The predicted octanol–water partition coefficient (Wildman–Crippen LogP) is 5.51. The molecule has 3 N–H and O–H groups in total. The molecular weight excluding hydrogens is 581 g/mol. The quantitative estimate of drug-likeness (QED) is 0.145. The summed E-state index contributed by atoms with van der Waals surface area (Å²) < 4.78 is 36.8. The van der Waals surface area contributed by atoms with E-state index >= 15 is 0 Å². The molecule has 0 aliphatic carbocycles. The summed E-state index contributed by atoms with van der Waals surface area (Å²) in [7, 11) is 1.66. The van der Waals surface area contributed by atoms with E-state index in [1.54, 1.807) is 38.4 Å². The van der Waals surface area contributed by atoms with Crippen LogP contribution in [0.15, 0.2) is 53.3 Å². The summed E-state index contributed by atoms with van der Waals surface area (Å²) in [5.41, 5.74) is 1.43. The maximum atomic E-state index is 14.2. The number of halogens is 2. The standard InChI is InChI=1S/C30H27ClFN5O6/c1-15-7-16-8-17(32)9-23(28(16)41-15)42-19-4-5-20(22(31)10-19)27(39)21-11-34-29-26(21)30(36-14-35-29)37-18-3-6-25(40-13-18)43-24(38)12-33-2/h4-5,7-11,14,18,25,33H,3,6,12-13H2,1-2H3,(H2,34,35,36,37)/t18-,25+/m1/s1. The maximum absolute atomic E-state index is 14.2. The van der Waals surface area contributed by atoms with Crippen LogP contribution >= 0.6 is 11.6 Å². The summed E-state index contributed by atoms with van der Waals surface area (Å²) in [5.74, 6) is 0.354. The SMILES string of the molecule is CNCC(=O)O[C@H]1CC[C@@H](Nc2ncnc3[nH]cc(C(=O)c4ccc(Oc5cc(F)cc6cc(C)oc56)cc4Cl)c23)CO1. The van der Waals surface area contributed by atoms with Crippen LogP contribution in [0, 0.1) is 12.7 Å². The molecule has 0 amide bonds. The van der Waals surface area contributed by atoms with E-state index in [2.05, 4.69) is 25.6 Å². The molecule has 222 valence electrons. The first-order valence-electron chi connectivity index (χ1n) is 13.5. The van der Waals surface area contributed by atoms with E-state index in [0.29, 0.717) is 57.7 Å². The second kappa shape index (κ2) is 12.0. The van der Waals surface area contributed by atoms with Crippen LogP contribution in [0.3, 0.4) is 0 Å². The lowest BCUT2D eigenvalue weighted by atomic mass is 10.0.